The number of carbonyl (C=O) groups is 2. The maximum atomic E-state index is 11.7. The van der Waals surface area contributed by atoms with Crippen molar-refractivity contribution in [1.29, 1.82) is 0 Å². The molecule has 0 atom stereocenters. The van der Waals surface area contributed by atoms with Crippen molar-refractivity contribution in [2.75, 3.05) is 12.4 Å². The van der Waals surface area contributed by atoms with Gasteiger partial charge in [0.25, 0.3) is 5.91 Å². The van der Waals surface area contributed by atoms with Gasteiger partial charge < -0.3 is 10.6 Å². The molecule has 106 valence electrons. The third kappa shape index (κ3) is 4.28. The molecule has 0 saturated heterocycles. The van der Waals surface area contributed by atoms with Crippen LogP contribution < -0.4 is 10.6 Å². The first-order valence-electron chi connectivity index (χ1n) is 6.40. The van der Waals surface area contributed by atoms with Crippen molar-refractivity contribution in [3.63, 3.8) is 0 Å². The summed E-state index contributed by atoms with van der Waals surface area (Å²) in [5.74, 6) is -0.377. The fourth-order valence-electron chi connectivity index (χ4n) is 1.68. The van der Waals surface area contributed by atoms with Crippen LogP contribution >= 0.6 is 0 Å². The van der Waals surface area contributed by atoms with Crippen LogP contribution in [0.1, 0.15) is 15.9 Å². The van der Waals surface area contributed by atoms with Crippen molar-refractivity contribution in [3.8, 4) is 0 Å². The number of nitrogens with one attached hydrogen (secondary N) is 2. The molecule has 0 aliphatic rings. The van der Waals surface area contributed by atoms with E-state index in [2.05, 4.69) is 15.6 Å². The Hall–Kier alpha value is -2.95. The fraction of sp³-hybridized carbons (Fsp3) is 0.0625. The lowest BCUT2D eigenvalue weighted by molar-refractivity contribution is -0.111. The van der Waals surface area contributed by atoms with Crippen molar-refractivity contribution in [2.24, 2.45) is 0 Å². The first kappa shape index (κ1) is 14.5. The fourth-order valence-corrected chi connectivity index (χ4v) is 1.68. The molecule has 2 N–H and O–H groups in total. The highest BCUT2D eigenvalue weighted by molar-refractivity contribution is 6.02. The summed E-state index contributed by atoms with van der Waals surface area (Å²) in [6.45, 7) is 0. The molecular formula is C16H15N3O2. The van der Waals surface area contributed by atoms with E-state index >= 15 is 0 Å². The number of anilines is 1. The third-order valence-corrected chi connectivity index (χ3v) is 2.76. The molecule has 0 aliphatic carbocycles. The molecule has 1 aromatic carbocycles. The van der Waals surface area contributed by atoms with Gasteiger partial charge in [-0.25, -0.2) is 0 Å². The number of benzene rings is 1. The van der Waals surface area contributed by atoms with Gasteiger partial charge in [-0.05, 0) is 35.9 Å². The summed E-state index contributed by atoms with van der Waals surface area (Å²) in [7, 11) is 1.58. The Kier molecular flexibility index (Phi) is 4.82. The maximum Gasteiger partial charge on any atom is 0.251 e. The minimum atomic E-state index is -0.238. The number of nitrogens with zero attached hydrogens (tertiary/aromatic N) is 1. The molecule has 0 unspecified atom stereocenters. The Bertz CT molecular complexity index is 649. The van der Waals surface area contributed by atoms with Crippen molar-refractivity contribution >= 4 is 23.6 Å². The first-order valence-corrected chi connectivity index (χ1v) is 6.40. The van der Waals surface area contributed by atoms with Gasteiger partial charge in [0.05, 0.1) is 11.9 Å². The summed E-state index contributed by atoms with van der Waals surface area (Å²) < 4.78 is 0. The highest BCUT2D eigenvalue weighted by Crippen LogP contribution is 2.07. The second kappa shape index (κ2) is 7.00. The molecule has 2 aromatic rings. The zero-order chi connectivity index (χ0) is 15.1. The van der Waals surface area contributed by atoms with Crippen molar-refractivity contribution in [2.45, 2.75) is 0 Å². The lowest BCUT2D eigenvalue weighted by atomic mass is 10.1. The quantitative estimate of drug-likeness (QED) is 0.843. The van der Waals surface area contributed by atoms with Crippen LogP contribution in [-0.2, 0) is 4.79 Å². The van der Waals surface area contributed by atoms with Crippen LogP contribution in [0.15, 0.2) is 54.9 Å². The van der Waals surface area contributed by atoms with Crippen molar-refractivity contribution in [3.05, 3.63) is 66.0 Å². The number of carbonyl (C=O) groups excluding carboxylic acids is 2. The molecule has 0 fully saturated rings. The van der Waals surface area contributed by atoms with Gasteiger partial charge in [-0.1, -0.05) is 12.1 Å². The van der Waals surface area contributed by atoms with E-state index < -0.39 is 0 Å². The molecule has 2 rings (SSSR count). The molecule has 0 saturated carbocycles. The molecule has 1 heterocycles. The van der Waals surface area contributed by atoms with Gasteiger partial charge in [0, 0.05) is 24.9 Å². The number of pyridine rings is 1. The minimum absolute atomic E-state index is 0.139. The molecule has 0 aliphatic heterocycles. The van der Waals surface area contributed by atoms with Crippen LogP contribution in [0.2, 0.25) is 0 Å². The Balaban J connectivity index is 1.97. The summed E-state index contributed by atoms with van der Waals surface area (Å²) in [5.41, 5.74) is 2.06. The predicted octanol–water partition coefficient (Wildman–Crippen LogP) is 2.09. The van der Waals surface area contributed by atoms with E-state index in [1.54, 1.807) is 61.9 Å². The predicted molar refractivity (Wildman–Crippen MR) is 81.7 cm³/mol. The van der Waals surface area contributed by atoms with Crippen LogP contribution in [0.25, 0.3) is 6.08 Å². The summed E-state index contributed by atoms with van der Waals surface area (Å²) in [4.78, 5) is 27.0. The average molecular weight is 281 g/mol. The molecule has 2 amide bonds. The highest BCUT2D eigenvalue weighted by Gasteiger charge is 2.01. The topological polar surface area (TPSA) is 71.1 Å². The number of hydrogen-bond acceptors (Lipinski definition) is 3. The van der Waals surface area contributed by atoms with E-state index in [1.165, 1.54) is 6.08 Å². The van der Waals surface area contributed by atoms with Crippen LogP contribution in [0, 0.1) is 0 Å². The average Bonchev–Trinajstić information content (AvgIpc) is 2.53. The smallest absolute Gasteiger partial charge is 0.251 e. The van der Waals surface area contributed by atoms with E-state index in [9.17, 15) is 9.59 Å². The monoisotopic (exact) mass is 281 g/mol. The van der Waals surface area contributed by atoms with Gasteiger partial charge in [0.2, 0.25) is 5.91 Å². The summed E-state index contributed by atoms with van der Waals surface area (Å²) in [5, 5.41) is 5.25. The molecule has 0 radical (unpaired) electrons. The van der Waals surface area contributed by atoms with Crippen molar-refractivity contribution < 1.29 is 9.59 Å². The number of aromatic nitrogens is 1. The minimum Gasteiger partial charge on any atom is -0.355 e. The Morgan fingerprint density at radius 1 is 1.14 bits per heavy atom. The zero-order valence-electron chi connectivity index (χ0n) is 11.5. The lowest BCUT2D eigenvalue weighted by Crippen LogP contribution is -2.17. The summed E-state index contributed by atoms with van der Waals surface area (Å²) in [6.07, 6.45) is 6.32. The second-order valence-electron chi connectivity index (χ2n) is 4.27. The Labute approximate surface area is 122 Å². The number of hydrogen-bond donors (Lipinski definition) is 2. The summed E-state index contributed by atoms with van der Waals surface area (Å²) >= 11 is 0. The zero-order valence-corrected chi connectivity index (χ0v) is 11.5. The molecule has 0 bridgehead atoms. The van der Waals surface area contributed by atoms with Crippen LogP contribution in [0.5, 0.6) is 0 Å². The molecule has 21 heavy (non-hydrogen) atoms. The van der Waals surface area contributed by atoms with Gasteiger partial charge >= 0.3 is 0 Å². The van der Waals surface area contributed by atoms with Crippen LogP contribution in [0.4, 0.5) is 5.69 Å². The molecule has 5 heteroatoms. The van der Waals surface area contributed by atoms with Crippen LogP contribution in [-0.4, -0.2) is 23.8 Å². The van der Waals surface area contributed by atoms with E-state index in [-0.39, 0.29) is 11.8 Å². The van der Waals surface area contributed by atoms with E-state index in [0.29, 0.717) is 11.3 Å². The van der Waals surface area contributed by atoms with E-state index in [4.69, 9.17) is 0 Å². The van der Waals surface area contributed by atoms with Gasteiger partial charge in [-0.3, -0.25) is 14.6 Å². The molecule has 0 spiro atoms. The third-order valence-electron chi connectivity index (χ3n) is 2.76. The van der Waals surface area contributed by atoms with E-state index in [0.717, 1.165) is 5.56 Å². The second-order valence-corrected chi connectivity index (χ2v) is 4.27. The highest BCUT2D eigenvalue weighted by atomic mass is 16.2. The van der Waals surface area contributed by atoms with Gasteiger partial charge in [0.1, 0.15) is 0 Å². The molecular weight excluding hydrogens is 266 g/mol. The number of amides is 2. The standard InChI is InChI=1S/C16H15N3O2/c1-17-16(21)13-7-4-12(5-8-13)6-9-15(20)19-14-3-2-10-18-11-14/h2-11H,1H3,(H,17,21)(H,19,20)/b9-6+. The van der Waals surface area contributed by atoms with Gasteiger partial charge in [0.15, 0.2) is 0 Å². The van der Waals surface area contributed by atoms with Crippen molar-refractivity contribution in [1.82, 2.24) is 10.3 Å². The molecule has 1 aromatic heterocycles. The SMILES string of the molecule is CNC(=O)c1ccc(/C=C/C(=O)Nc2cccnc2)cc1. The largest absolute Gasteiger partial charge is 0.355 e. The van der Waals surface area contributed by atoms with Crippen LogP contribution in [0.3, 0.4) is 0 Å². The first-order chi connectivity index (χ1) is 10.2. The lowest BCUT2D eigenvalue weighted by Gasteiger charge is -2.01. The number of rotatable bonds is 4. The van der Waals surface area contributed by atoms with Gasteiger partial charge in [-0.15, -0.1) is 0 Å². The molecule has 5 nitrogen and oxygen atoms in total. The normalized spacial score (nSPS) is 10.3. The van der Waals surface area contributed by atoms with E-state index in [1.807, 2.05) is 0 Å². The van der Waals surface area contributed by atoms with Gasteiger partial charge in [-0.2, -0.15) is 0 Å². The maximum absolute atomic E-state index is 11.7. The Morgan fingerprint density at radius 2 is 1.90 bits per heavy atom. The summed E-state index contributed by atoms with van der Waals surface area (Å²) in [6, 6.07) is 10.5. The Morgan fingerprint density at radius 3 is 2.52 bits per heavy atom.